The molecule has 0 bridgehead atoms. The molecule has 13 heteroatoms. The Balaban J connectivity index is 1.66. The molecule has 3 rings (SSSR count). The van der Waals surface area contributed by atoms with Gasteiger partial charge >= 0.3 is 6.09 Å². The number of benzene rings is 1. The molecule has 2 heterocycles. The Morgan fingerprint density at radius 2 is 1.51 bits per heavy atom. The maximum atomic E-state index is 13.5. The van der Waals surface area contributed by atoms with Gasteiger partial charge in [0, 0.05) is 13.1 Å². The van der Waals surface area contributed by atoms with Crippen molar-refractivity contribution in [3.05, 3.63) is 35.9 Å². The average Bonchev–Trinajstić information content (AvgIpc) is 3.59. The van der Waals surface area contributed by atoms with Crippen molar-refractivity contribution in [2.24, 2.45) is 5.73 Å². The Bertz CT molecular complexity index is 1050. The third-order valence-electron chi connectivity index (χ3n) is 6.98. The van der Waals surface area contributed by atoms with Crippen LogP contribution in [0.1, 0.15) is 45.1 Å². The molecule has 2 fully saturated rings. The molecule has 5 unspecified atom stereocenters. The molecule has 1 aromatic rings. The Kier molecular flexibility index (Phi) is 10.2. The zero-order chi connectivity index (χ0) is 28.7. The first-order valence-electron chi connectivity index (χ1n) is 13.0. The SMILES string of the molecule is CC(O)C(NC(=O)C1CCCN1C(=O)[C@@H]1CCCN1C(=O)C(NC(=O)OCc1ccccc1)C(C)O)C(N)=O. The number of alkyl carbamates (subject to hydrolysis) is 1. The Morgan fingerprint density at radius 3 is 2.10 bits per heavy atom. The topological polar surface area (TPSA) is 192 Å². The summed E-state index contributed by atoms with van der Waals surface area (Å²) in [6.45, 7) is 3.15. The van der Waals surface area contributed by atoms with Gasteiger partial charge in [-0.05, 0) is 45.1 Å². The molecule has 0 aromatic heterocycles. The van der Waals surface area contributed by atoms with Gasteiger partial charge in [0.05, 0.1) is 12.2 Å². The number of aliphatic hydroxyl groups excluding tert-OH is 2. The van der Waals surface area contributed by atoms with Crippen molar-refractivity contribution in [2.45, 2.75) is 82.5 Å². The van der Waals surface area contributed by atoms with Gasteiger partial charge in [0.25, 0.3) is 0 Å². The van der Waals surface area contributed by atoms with E-state index in [2.05, 4.69) is 10.6 Å². The third kappa shape index (κ3) is 7.45. The minimum absolute atomic E-state index is 0.0255. The van der Waals surface area contributed by atoms with Gasteiger partial charge in [0.15, 0.2) is 0 Å². The van der Waals surface area contributed by atoms with Gasteiger partial charge in [-0.15, -0.1) is 0 Å². The normalized spacial score (nSPS) is 21.9. The van der Waals surface area contributed by atoms with Crippen LogP contribution in [0.25, 0.3) is 0 Å². The molecule has 13 nitrogen and oxygen atoms in total. The first-order valence-corrected chi connectivity index (χ1v) is 13.0. The van der Waals surface area contributed by atoms with Crippen LogP contribution in [-0.4, -0.2) is 99.2 Å². The number of hydrogen-bond donors (Lipinski definition) is 5. The maximum absolute atomic E-state index is 13.5. The first kappa shape index (κ1) is 29.8. The van der Waals surface area contributed by atoms with Crippen LogP contribution in [0.15, 0.2) is 30.3 Å². The lowest BCUT2D eigenvalue weighted by Crippen LogP contribution is -2.59. The molecular weight excluding hydrogens is 510 g/mol. The molecule has 6 N–H and O–H groups in total. The molecule has 2 aliphatic rings. The van der Waals surface area contributed by atoms with Crippen LogP contribution in [-0.2, 0) is 30.5 Å². The summed E-state index contributed by atoms with van der Waals surface area (Å²) in [4.78, 5) is 66.5. The molecule has 0 saturated carbocycles. The van der Waals surface area contributed by atoms with Crippen molar-refractivity contribution in [3.8, 4) is 0 Å². The number of amides is 5. The fraction of sp³-hybridized carbons (Fsp3) is 0.577. The molecule has 1 aromatic carbocycles. The fourth-order valence-corrected chi connectivity index (χ4v) is 4.92. The first-order chi connectivity index (χ1) is 18.5. The third-order valence-corrected chi connectivity index (χ3v) is 6.98. The van der Waals surface area contributed by atoms with E-state index in [9.17, 15) is 34.2 Å². The summed E-state index contributed by atoms with van der Waals surface area (Å²) in [6.07, 6.45) is -1.64. The molecule has 0 radical (unpaired) electrons. The zero-order valence-corrected chi connectivity index (χ0v) is 22.1. The smallest absolute Gasteiger partial charge is 0.408 e. The van der Waals surface area contributed by atoms with Crippen LogP contribution >= 0.6 is 0 Å². The molecule has 2 saturated heterocycles. The molecule has 5 amide bonds. The van der Waals surface area contributed by atoms with E-state index in [4.69, 9.17) is 10.5 Å². The van der Waals surface area contributed by atoms with E-state index in [1.165, 1.54) is 23.6 Å². The van der Waals surface area contributed by atoms with Crippen molar-refractivity contribution in [1.82, 2.24) is 20.4 Å². The molecule has 0 aliphatic carbocycles. The van der Waals surface area contributed by atoms with E-state index in [1.54, 1.807) is 24.3 Å². The van der Waals surface area contributed by atoms with E-state index < -0.39 is 66.1 Å². The van der Waals surface area contributed by atoms with Gasteiger partial charge in [0.2, 0.25) is 23.6 Å². The van der Waals surface area contributed by atoms with Crippen molar-refractivity contribution in [1.29, 1.82) is 0 Å². The van der Waals surface area contributed by atoms with Gasteiger partial charge in [-0.3, -0.25) is 19.2 Å². The highest BCUT2D eigenvalue weighted by Gasteiger charge is 2.44. The molecule has 0 spiro atoms. The summed E-state index contributed by atoms with van der Waals surface area (Å²) >= 11 is 0. The molecule has 6 atom stereocenters. The average molecular weight is 548 g/mol. The molecule has 214 valence electrons. The van der Waals surface area contributed by atoms with Crippen LogP contribution in [0.4, 0.5) is 4.79 Å². The van der Waals surface area contributed by atoms with E-state index in [1.807, 2.05) is 6.07 Å². The van der Waals surface area contributed by atoms with Crippen LogP contribution in [0.3, 0.4) is 0 Å². The quantitative estimate of drug-likeness (QED) is 0.246. The van der Waals surface area contributed by atoms with Crippen LogP contribution in [0, 0.1) is 0 Å². The van der Waals surface area contributed by atoms with Gasteiger partial charge in [-0.1, -0.05) is 30.3 Å². The predicted octanol–water partition coefficient (Wildman–Crippen LogP) is -1.00. The Hall–Kier alpha value is -3.71. The summed E-state index contributed by atoms with van der Waals surface area (Å²) in [7, 11) is 0. The highest BCUT2D eigenvalue weighted by Crippen LogP contribution is 2.26. The van der Waals surface area contributed by atoms with E-state index in [-0.39, 0.29) is 19.7 Å². The zero-order valence-electron chi connectivity index (χ0n) is 22.1. The van der Waals surface area contributed by atoms with Crippen LogP contribution < -0.4 is 16.4 Å². The number of hydrogen-bond acceptors (Lipinski definition) is 8. The van der Waals surface area contributed by atoms with Crippen molar-refractivity contribution >= 4 is 29.7 Å². The lowest BCUT2D eigenvalue weighted by atomic mass is 10.1. The largest absolute Gasteiger partial charge is 0.445 e. The Labute approximate surface area is 226 Å². The van der Waals surface area contributed by atoms with E-state index in [0.29, 0.717) is 25.7 Å². The molecule has 2 aliphatic heterocycles. The van der Waals surface area contributed by atoms with Crippen molar-refractivity contribution < 1.29 is 38.9 Å². The van der Waals surface area contributed by atoms with E-state index >= 15 is 0 Å². The van der Waals surface area contributed by atoms with Gasteiger partial charge in [0.1, 0.15) is 30.8 Å². The predicted molar refractivity (Wildman–Crippen MR) is 138 cm³/mol. The van der Waals surface area contributed by atoms with E-state index in [0.717, 1.165) is 5.56 Å². The van der Waals surface area contributed by atoms with Crippen LogP contribution in [0.2, 0.25) is 0 Å². The summed E-state index contributed by atoms with van der Waals surface area (Å²) in [5.41, 5.74) is 6.02. The molecular formula is C26H37N5O8. The Morgan fingerprint density at radius 1 is 0.923 bits per heavy atom. The second kappa shape index (κ2) is 13.4. The number of carbonyl (C=O) groups is 5. The number of primary amides is 1. The second-order valence-corrected chi connectivity index (χ2v) is 9.93. The fourth-order valence-electron chi connectivity index (χ4n) is 4.92. The lowest BCUT2D eigenvalue weighted by molar-refractivity contribution is -0.148. The lowest BCUT2D eigenvalue weighted by Gasteiger charge is -2.33. The summed E-state index contributed by atoms with van der Waals surface area (Å²) in [5.74, 6) is -2.60. The van der Waals surface area contributed by atoms with Crippen molar-refractivity contribution in [3.63, 3.8) is 0 Å². The number of nitrogens with one attached hydrogen (secondary N) is 2. The monoisotopic (exact) mass is 547 g/mol. The highest BCUT2D eigenvalue weighted by atomic mass is 16.5. The van der Waals surface area contributed by atoms with Crippen LogP contribution in [0.5, 0.6) is 0 Å². The number of likely N-dealkylation sites (tertiary alicyclic amines) is 2. The number of aliphatic hydroxyl groups is 2. The summed E-state index contributed by atoms with van der Waals surface area (Å²) in [5, 5.41) is 24.9. The van der Waals surface area contributed by atoms with Crippen molar-refractivity contribution in [2.75, 3.05) is 13.1 Å². The summed E-state index contributed by atoms with van der Waals surface area (Å²) < 4.78 is 5.18. The number of ether oxygens (including phenoxy) is 1. The maximum Gasteiger partial charge on any atom is 0.408 e. The standard InChI is InChI=1S/C26H37N5O8/c1-15(32)20(22(27)34)28-23(35)18-10-6-12-30(18)24(36)19-11-7-13-31(19)25(37)21(16(2)33)29-26(38)39-14-17-8-4-3-5-9-17/h3-5,8-9,15-16,18-21,32-33H,6-7,10-14H2,1-2H3,(H2,27,34)(H,28,35)(H,29,38)/t15?,16?,18?,19-,20?,21?/m0/s1. The number of nitrogens with zero attached hydrogens (tertiary/aromatic N) is 2. The number of rotatable bonds is 10. The molecule has 39 heavy (non-hydrogen) atoms. The summed E-state index contributed by atoms with van der Waals surface area (Å²) in [6, 6.07) is 4.52. The minimum atomic E-state index is -1.35. The minimum Gasteiger partial charge on any atom is -0.445 e. The highest BCUT2D eigenvalue weighted by molar-refractivity contribution is 5.96. The second-order valence-electron chi connectivity index (χ2n) is 9.93. The van der Waals surface area contributed by atoms with Gasteiger partial charge in [-0.2, -0.15) is 0 Å². The van der Waals surface area contributed by atoms with Gasteiger partial charge in [-0.25, -0.2) is 4.79 Å². The number of nitrogens with two attached hydrogens (primary N) is 1. The number of carbonyl (C=O) groups excluding carboxylic acids is 5. The van der Waals surface area contributed by atoms with Gasteiger partial charge < -0.3 is 41.1 Å².